The Morgan fingerprint density at radius 3 is 2.44 bits per heavy atom. The van der Waals surface area contributed by atoms with E-state index >= 15 is 0 Å². The lowest BCUT2D eigenvalue weighted by molar-refractivity contribution is 0.221. The fourth-order valence-corrected chi connectivity index (χ4v) is 3.11. The topological polar surface area (TPSA) is 35.2 Å². The standard InChI is InChI=1S/C12H13Br2NO/c13-10-4-9(5-11(14)6-10)12(15)8-2-1-3-16-7-8/h4-7,12H,1-3,15H2. The van der Waals surface area contributed by atoms with Crippen molar-refractivity contribution < 1.29 is 4.74 Å². The Hall–Kier alpha value is -0.320. The number of hydrogen-bond acceptors (Lipinski definition) is 2. The molecular weight excluding hydrogens is 334 g/mol. The minimum Gasteiger partial charge on any atom is -0.501 e. The molecule has 0 radical (unpaired) electrons. The summed E-state index contributed by atoms with van der Waals surface area (Å²) >= 11 is 6.94. The zero-order valence-electron chi connectivity index (χ0n) is 8.75. The number of nitrogens with two attached hydrogens (primary N) is 1. The van der Waals surface area contributed by atoms with Crippen LogP contribution in [0.4, 0.5) is 0 Å². The van der Waals surface area contributed by atoms with Gasteiger partial charge in [0.15, 0.2) is 0 Å². The predicted octanol–water partition coefficient (Wildman–Crippen LogP) is 3.91. The Bertz CT molecular complexity index is 397. The normalized spacial score (nSPS) is 17.6. The number of ether oxygens (including phenoxy) is 1. The molecule has 2 rings (SSSR count). The number of hydrogen-bond donors (Lipinski definition) is 1. The molecule has 1 atom stereocenters. The van der Waals surface area contributed by atoms with Crippen molar-refractivity contribution in [2.75, 3.05) is 6.61 Å². The summed E-state index contributed by atoms with van der Waals surface area (Å²) in [6.07, 6.45) is 3.88. The fourth-order valence-electron chi connectivity index (χ4n) is 1.78. The molecule has 0 amide bonds. The Kier molecular flexibility index (Phi) is 4.05. The lowest BCUT2D eigenvalue weighted by Crippen LogP contribution is -2.16. The van der Waals surface area contributed by atoms with E-state index in [9.17, 15) is 0 Å². The van der Waals surface area contributed by atoms with E-state index in [4.69, 9.17) is 10.5 Å². The van der Waals surface area contributed by atoms with Gasteiger partial charge >= 0.3 is 0 Å². The van der Waals surface area contributed by atoms with Gasteiger partial charge in [-0.25, -0.2) is 0 Å². The van der Waals surface area contributed by atoms with Crippen LogP contribution >= 0.6 is 31.9 Å². The maximum absolute atomic E-state index is 6.22. The minimum atomic E-state index is -0.0749. The molecule has 1 aromatic rings. The number of rotatable bonds is 2. The van der Waals surface area contributed by atoms with Gasteiger partial charge in [-0.15, -0.1) is 0 Å². The molecule has 0 bridgehead atoms. The summed E-state index contributed by atoms with van der Waals surface area (Å²) < 4.78 is 7.38. The van der Waals surface area contributed by atoms with Crippen LogP contribution in [0.2, 0.25) is 0 Å². The van der Waals surface area contributed by atoms with Gasteiger partial charge in [-0.05, 0) is 42.2 Å². The Morgan fingerprint density at radius 1 is 1.19 bits per heavy atom. The fraction of sp³-hybridized carbons (Fsp3) is 0.333. The van der Waals surface area contributed by atoms with E-state index in [2.05, 4.69) is 31.9 Å². The minimum absolute atomic E-state index is 0.0749. The summed E-state index contributed by atoms with van der Waals surface area (Å²) in [6.45, 7) is 0.804. The van der Waals surface area contributed by atoms with Gasteiger partial charge in [0.1, 0.15) is 0 Å². The first-order chi connectivity index (χ1) is 7.66. The molecule has 1 heterocycles. The van der Waals surface area contributed by atoms with Crippen LogP contribution < -0.4 is 5.73 Å². The molecule has 1 aliphatic rings. The van der Waals surface area contributed by atoms with Crippen LogP contribution in [0.5, 0.6) is 0 Å². The first-order valence-corrected chi connectivity index (χ1v) is 6.77. The summed E-state index contributed by atoms with van der Waals surface area (Å²) in [5.41, 5.74) is 8.48. The van der Waals surface area contributed by atoms with Gasteiger partial charge in [0.25, 0.3) is 0 Å². The van der Waals surface area contributed by atoms with E-state index in [1.54, 1.807) is 0 Å². The van der Waals surface area contributed by atoms with Crippen molar-refractivity contribution in [3.05, 3.63) is 44.5 Å². The summed E-state index contributed by atoms with van der Waals surface area (Å²) in [4.78, 5) is 0. The molecule has 4 heteroatoms. The van der Waals surface area contributed by atoms with Crippen molar-refractivity contribution in [2.45, 2.75) is 18.9 Å². The molecular formula is C12H13Br2NO. The zero-order valence-corrected chi connectivity index (χ0v) is 11.9. The molecule has 0 fully saturated rings. The first kappa shape index (κ1) is 12.1. The van der Waals surface area contributed by atoms with Crippen LogP contribution in [0.1, 0.15) is 24.4 Å². The van der Waals surface area contributed by atoms with E-state index in [-0.39, 0.29) is 6.04 Å². The van der Waals surface area contributed by atoms with Gasteiger partial charge in [-0.1, -0.05) is 31.9 Å². The molecule has 1 aliphatic heterocycles. The highest BCUT2D eigenvalue weighted by Crippen LogP contribution is 2.29. The van der Waals surface area contributed by atoms with Gasteiger partial charge in [-0.2, -0.15) is 0 Å². The predicted molar refractivity (Wildman–Crippen MR) is 72.0 cm³/mol. The third-order valence-corrected chi connectivity index (χ3v) is 3.52. The smallest absolute Gasteiger partial charge is 0.0876 e. The lowest BCUT2D eigenvalue weighted by Gasteiger charge is -2.20. The van der Waals surface area contributed by atoms with Crippen LogP contribution in [0, 0.1) is 0 Å². The van der Waals surface area contributed by atoms with Crippen LogP contribution in [0.3, 0.4) is 0 Å². The largest absolute Gasteiger partial charge is 0.501 e. The Balaban J connectivity index is 2.25. The summed E-state index contributed by atoms with van der Waals surface area (Å²) in [7, 11) is 0. The molecule has 0 aromatic heterocycles. The molecule has 2 nitrogen and oxygen atoms in total. The van der Waals surface area contributed by atoms with Gasteiger partial charge in [0.2, 0.25) is 0 Å². The zero-order chi connectivity index (χ0) is 11.5. The average Bonchev–Trinajstić information content (AvgIpc) is 2.28. The maximum Gasteiger partial charge on any atom is 0.0876 e. The van der Waals surface area contributed by atoms with Crippen molar-refractivity contribution in [3.8, 4) is 0 Å². The monoisotopic (exact) mass is 345 g/mol. The SMILES string of the molecule is NC(C1=COCCC1)c1cc(Br)cc(Br)c1. The van der Waals surface area contributed by atoms with Crippen LogP contribution in [-0.4, -0.2) is 6.61 Å². The average molecular weight is 347 g/mol. The van der Waals surface area contributed by atoms with Crippen LogP contribution in [0.15, 0.2) is 39.0 Å². The first-order valence-electron chi connectivity index (χ1n) is 5.19. The van der Waals surface area contributed by atoms with Gasteiger partial charge < -0.3 is 10.5 Å². The third kappa shape index (κ3) is 2.87. The van der Waals surface area contributed by atoms with Gasteiger partial charge in [0.05, 0.1) is 18.9 Å². The molecule has 0 spiro atoms. The molecule has 1 aromatic carbocycles. The maximum atomic E-state index is 6.22. The quantitative estimate of drug-likeness (QED) is 0.881. The van der Waals surface area contributed by atoms with Gasteiger partial charge in [-0.3, -0.25) is 0 Å². The highest BCUT2D eigenvalue weighted by Gasteiger charge is 2.15. The Morgan fingerprint density at radius 2 is 1.88 bits per heavy atom. The van der Waals surface area contributed by atoms with Crippen molar-refractivity contribution in [2.24, 2.45) is 5.73 Å². The van der Waals surface area contributed by atoms with E-state index in [0.717, 1.165) is 39.5 Å². The molecule has 1 unspecified atom stereocenters. The van der Waals surface area contributed by atoms with Crippen LogP contribution in [-0.2, 0) is 4.74 Å². The van der Waals surface area contributed by atoms with Crippen molar-refractivity contribution in [1.29, 1.82) is 0 Å². The Labute approximate surface area is 112 Å². The number of benzene rings is 1. The summed E-state index contributed by atoms with van der Waals surface area (Å²) in [6, 6.07) is 6.02. The van der Waals surface area contributed by atoms with Gasteiger partial charge in [0, 0.05) is 8.95 Å². The molecule has 0 saturated heterocycles. The molecule has 0 saturated carbocycles. The van der Waals surface area contributed by atoms with Crippen molar-refractivity contribution in [1.82, 2.24) is 0 Å². The lowest BCUT2D eigenvalue weighted by atomic mass is 9.96. The van der Waals surface area contributed by atoms with Crippen molar-refractivity contribution in [3.63, 3.8) is 0 Å². The summed E-state index contributed by atoms with van der Waals surface area (Å²) in [5, 5.41) is 0. The third-order valence-electron chi connectivity index (χ3n) is 2.61. The van der Waals surface area contributed by atoms with E-state index in [1.165, 1.54) is 0 Å². The molecule has 2 N–H and O–H groups in total. The number of halogens is 2. The van der Waals surface area contributed by atoms with Crippen LogP contribution in [0.25, 0.3) is 0 Å². The second kappa shape index (κ2) is 5.34. The van der Waals surface area contributed by atoms with Crippen molar-refractivity contribution >= 4 is 31.9 Å². The second-order valence-corrected chi connectivity index (χ2v) is 5.68. The highest BCUT2D eigenvalue weighted by molar-refractivity contribution is 9.11. The summed E-state index contributed by atoms with van der Waals surface area (Å²) in [5.74, 6) is 0. The highest BCUT2D eigenvalue weighted by atomic mass is 79.9. The van der Waals surface area contributed by atoms with E-state index in [0.29, 0.717) is 0 Å². The molecule has 0 aliphatic carbocycles. The van der Waals surface area contributed by atoms with E-state index in [1.807, 2.05) is 24.5 Å². The molecule has 86 valence electrons. The van der Waals surface area contributed by atoms with E-state index < -0.39 is 0 Å². The molecule has 16 heavy (non-hydrogen) atoms. The second-order valence-electron chi connectivity index (χ2n) is 3.85.